The summed E-state index contributed by atoms with van der Waals surface area (Å²) in [5.41, 5.74) is 0. The molecular formula is C13H25NO3S2. The Morgan fingerprint density at radius 2 is 1.63 bits per heavy atom. The summed E-state index contributed by atoms with van der Waals surface area (Å²) in [6.07, 6.45) is 0.785. The number of epoxide rings is 2. The number of nitrogens with zero attached hydrogens (tertiary/aromatic N) is 1. The molecule has 2 aliphatic rings. The largest absolute Gasteiger partial charge is 0.376 e. The molecule has 2 atom stereocenters. The van der Waals surface area contributed by atoms with E-state index in [1.807, 2.05) is 0 Å². The summed E-state index contributed by atoms with van der Waals surface area (Å²) in [6, 6.07) is 0. The van der Waals surface area contributed by atoms with Crippen molar-refractivity contribution in [2.24, 2.45) is 0 Å². The van der Waals surface area contributed by atoms with E-state index < -0.39 is 0 Å². The van der Waals surface area contributed by atoms with Crippen LogP contribution in [-0.4, -0.2) is 66.7 Å². The zero-order valence-corrected chi connectivity index (χ0v) is 13.7. The van der Waals surface area contributed by atoms with Gasteiger partial charge in [-0.25, -0.2) is 0 Å². The Hall–Kier alpha value is 0.120. The molecule has 0 amide bonds. The second-order valence-electron chi connectivity index (χ2n) is 4.32. The van der Waals surface area contributed by atoms with Crippen LogP contribution in [0.25, 0.3) is 0 Å². The average Bonchev–Trinajstić information content (AvgIpc) is 3.27. The van der Waals surface area contributed by atoms with Gasteiger partial charge in [0.25, 0.3) is 0 Å². The lowest BCUT2D eigenvalue weighted by molar-refractivity contribution is 0.102. The van der Waals surface area contributed by atoms with Crippen LogP contribution in [0.15, 0.2) is 0 Å². The molecule has 2 aliphatic heterocycles. The Labute approximate surface area is 126 Å². The van der Waals surface area contributed by atoms with Crippen LogP contribution in [0.5, 0.6) is 0 Å². The maximum atomic E-state index is 5.23. The number of hydrogen-bond donors (Lipinski definition) is 0. The molecule has 0 spiro atoms. The zero-order valence-electron chi connectivity index (χ0n) is 12.1. The highest BCUT2D eigenvalue weighted by molar-refractivity contribution is 8.22. The standard InChI is InChI=1S/C7H15NS2.C6H10O3/c1-4-8(5-2)7(9)10-6-3;1(5-3-8-5)7-2-6-4-9-6/h4-6H2,1-3H3;5-6H,1-4H2. The average molecular weight is 307 g/mol. The van der Waals surface area contributed by atoms with Gasteiger partial charge in [0.15, 0.2) is 0 Å². The van der Waals surface area contributed by atoms with E-state index in [0.717, 1.165) is 49.6 Å². The van der Waals surface area contributed by atoms with Gasteiger partial charge in [-0.1, -0.05) is 30.9 Å². The van der Waals surface area contributed by atoms with Crippen LogP contribution in [0.2, 0.25) is 0 Å². The highest BCUT2D eigenvalue weighted by atomic mass is 32.2. The maximum Gasteiger partial charge on any atom is 0.136 e. The number of hydrogen-bond acceptors (Lipinski definition) is 5. The van der Waals surface area contributed by atoms with Crippen LogP contribution < -0.4 is 0 Å². The Morgan fingerprint density at radius 1 is 1.16 bits per heavy atom. The lowest BCUT2D eigenvalue weighted by Gasteiger charge is -2.20. The van der Waals surface area contributed by atoms with Gasteiger partial charge >= 0.3 is 0 Å². The molecule has 4 nitrogen and oxygen atoms in total. The van der Waals surface area contributed by atoms with E-state index in [9.17, 15) is 0 Å². The SMILES string of the molecule is C(OCC1CO1)C1CO1.CCSC(=S)N(CC)CC. The molecule has 0 aliphatic carbocycles. The first-order valence-corrected chi connectivity index (χ1v) is 8.33. The summed E-state index contributed by atoms with van der Waals surface area (Å²) in [6.45, 7) is 11.7. The van der Waals surface area contributed by atoms with Crippen molar-refractivity contribution in [1.29, 1.82) is 0 Å². The van der Waals surface area contributed by atoms with Gasteiger partial charge in [0.1, 0.15) is 16.5 Å². The monoisotopic (exact) mass is 307 g/mol. The van der Waals surface area contributed by atoms with Gasteiger partial charge in [-0.2, -0.15) is 0 Å². The van der Waals surface area contributed by atoms with E-state index in [4.69, 9.17) is 26.4 Å². The minimum absolute atomic E-state index is 0.392. The highest BCUT2D eigenvalue weighted by Gasteiger charge is 2.26. The van der Waals surface area contributed by atoms with Gasteiger partial charge in [-0.15, -0.1) is 0 Å². The van der Waals surface area contributed by atoms with Crippen LogP contribution in [-0.2, 0) is 14.2 Å². The zero-order chi connectivity index (χ0) is 14.1. The summed E-state index contributed by atoms with van der Waals surface area (Å²) < 4.78 is 16.2. The fourth-order valence-electron chi connectivity index (χ4n) is 1.36. The van der Waals surface area contributed by atoms with Crippen molar-refractivity contribution < 1.29 is 14.2 Å². The summed E-state index contributed by atoms with van der Waals surface area (Å²) in [5.74, 6) is 1.08. The van der Waals surface area contributed by atoms with Crippen LogP contribution in [0.1, 0.15) is 20.8 Å². The van der Waals surface area contributed by atoms with E-state index in [0.29, 0.717) is 12.2 Å². The second-order valence-corrected chi connectivity index (χ2v) is 6.22. The van der Waals surface area contributed by atoms with E-state index in [2.05, 4.69) is 25.7 Å². The minimum atomic E-state index is 0.392. The Bertz CT molecular complexity index is 242. The van der Waals surface area contributed by atoms with Crippen molar-refractivity contribution in [3.05, 3.63) is 0 Å². The van der Waals surface area contributed by atoms with Gasteiger partial charge in [0.05, 0.1) is 26.4 Å². The molecule has 112 valence electrons. The molecule has 2 heterocycles. The third-order valence-electron chi connectivity index (χ3n) is 2.70. The fraction of sp³-hybridized carbons (Fsp3) is 0.923. The molecule has 0 saturated carbocycles. The Balaban J connectivity index is 0.000000190. The molecule has 0 radical (unpaired) electrons. The van der Waals surface area contributed by atoms with E-state index >= 15 is 0 Å². The topological polar surface area (TPSA) is 37.5 Å². The van der Waals surface area contributed by atoms with Crippen molar-refractivity contribution in [2.75, 3.05) is 45.3 Å². The predicted molar refractivity (Wildman–Crippen MR) is 84.0 cm³/mol. The molecule has 0 N–H and O–H groups in total. The van der Waals surface area contributed by atoms with Crippen molar-refractivity contribution in [1.82, 2.24) is 4.90 Å². The first-order valence-electron chi connectivity index (χ1n) is 6.93. The van der Waals surface area contributed by atoms with E-state index in [1.54, 1.807) is 11.8 Å². The molecule has 2 saturated heterocycles. The molecule has 2 rings (SSSR count). The normalized spacial score (nSPS) is 23.3. The van der Waals surface area contributed by atoms with Gasteiger partial charge in [0.2, 0.25) is 0 Å². The summed E-state index contributed by atoms with van der Waals surface area (Å²) >= 11 is 6.91. The molecular weight excluding hydrogens is 282 g/mol. The van der Waals surface area contributed by atoms with Crippen LogP contribution >= 0.6 is 24.0 Å². The first-order chi connectivity index (χ1) is 9.21. The molecule has 0 bridgehead atoms. The summed E-state index contributed by atoms with van der Waals surface area (Å²) in [7, 11) is 0. The van der Waals surface area contributed by atoms with Crippen molar-refractivity contribution in [2.45, 2.75) is 33.0 Å². The molecule has 0 aromatic carbocycles. The van der Waals surface area contributed by atoms with Gasteiger partial charge in [-0.05, 0) is 19.6 Å². The molecule has 2 fully saturated rings. The third-order valence-corrected chi connectivity index (χ3v) is 4.11. The summed E-state index contributed by atoms with van der Waals surface area (Å²) in [5, 5.41) is 0. The molecule has 6 heteroatoms. The lowest BCUT2D eigenvalue weighted by atomic mass is 10.5. The molecule has 2 unspecified atom stereocenters. The van der Waals surface area contributed by atoms with Crippen LogP contribution in [0, 0.1) is 0 Å². The molecule has 0 aromatic heterocycles. The molecule has 0 aromatic rings. The van der Waals surface area contributed by atoms with Gasteiger partial charge in [-0.3, -0.25) is 0 Å². The smallest absolute Gasteiger partial charge is 0.136 e. The molecule has 19 heavy (non-hydrogen) atoms. The lowest BCUT2D eigenvalue weighted by Crippen LogP contribution is -2.26. The van der Waals surface area contributed by atoms with Crippen molar-refractivity contribution in [3.63, 3.8) is 0 Å². The van der Waals surface area contributed by atoms with E-state index in [1.165, 1.54) is 0 Å². The van der Waals surface area contributed by atoms with Crippen LogP contribution in [0.3, 0.4) is 0 Å². The highest BCUT2D eigenvalue weighted by Crippen LogP contribution is 2.12. The number of ether oxygens (including phenoxy) is 3. The Morgan fingerprint density at radius 3 is 1.95 bits per heavy atom. The second kappa shape index (κ2) is 9.94. The minimum Gasteiger partial charge on any atom is -0.376 e. The van der Waals surface area contributed by atoms with Crippen molar-refractivity contribution >= 4 is 28.3 Å². The van der Waals surface area contributed by atoms with E-state index in [-0.39, 0.29) is 0 Å². The summed E-state index contributed by atoms with van der Waals surface area (Å²) in [4.78, 5) is 2.20. The maximum absolute atomic E-state index is 5.23. The van der Waals surface area contributed by atoms with Gasteiger partial charge < -0.3 is 19.1 Å². The quantitative estimate of drug-likeness (QED) is 0.530. The van der Waals surface area contributed by atoms with Crippen LogP contribution in [0.4, 0.5) is 0 Å². The fourth-order valence-corrected chi connectivity index (χ4v) is 2.66. The number of rotatable bonds is 7. The number of thioether (sulfide) groups is 1. The van der Waals surface area contributed by atoms with Crippen molar-refractivity contribution in [3.8, 4) is 0 Å². The Kier molecular flexibility index (Phi) is 8.98. The van der Waals surface area contributed by atoms with Gasteiger partial charge in [0, 0.05) is 13.1 Å². The first kappa shape index (κ1) is 17.2. The third kappa shape index (κ3) is 8.81. The predicted octanol–water partition coefficient (Wildman–Crippen LogP) is 2.17. The number of thiocarbonyl (C=S) groups is 1.